The number of likely N-dealkylation sites (N-methyl/N-ethyl adjacent to an activating group) is 1. The van der Waals surface area contributed by atoms with Gasteiger partial charge in [-0.25, -0.2) is 0 Å². The zero-order chi connectivity index (χ0) is 14.7. The van der Waals surface area contributed by atoms with Crippen molar-refractivity contribution in [3.8, 4) is 0 Å². The van der Waals surface area contributed by atoms with Crippen molar-refractivity contribution in [3.05, 3.63) is 29.6 Å². The number of fused-ring (bicyclic) bond motifs is 1. The van der Waals surface area contributed by atoms with Crippen LogP contribution in [0.15, 0.2) is 18.3 Å². The molecule has 2 heteroatoms. The Bertz CT molecular complexity index is 439. The molecule has 0 aliphatic heterocycles. The Labute approximate surface area is 129 Å². The molecule has 1 heterocycles. The van der Waals surface area contributed by atoms with Gasteiger partial charge in [0, 0.05) is 24.4 Å². The molecule has 0 amide bonds. The highest BCUT2D eigenvalue weighted by Crippen LogP contribution is 2.43. The van der Waals surface area contributed by atoms with E-state index in [0.29, 0.717) is 6.04 Å². The zero-order valence-electron chi connectivity index (χ0n) is 13.6. The number of rotatable bonds is 4. The van der Waals surface area contributed by atoms with Crippen LogP contribution < -0.4 is 5.32 Å². The van der Waals surface area contributed by atoms with Crippen molar-refractivity contribution in [1.29, 1.82) is 0 Å². The molecule has 2 aliphatic carbocycles. The van der Waals surface area contributed by atoms with Crippen LogP contribution in [0.2, 0.25) is 0 Å². The van der Waals surface area contributed by atoms with E-state index in [4.69, 9.17) is 0 Å². The quantitative estimate of drug-likeness (QED) is 0.900. The van der Waals surface area contributed by atoms with Gasteiger partial charge in [-0.15, -0.1) is 0 Å². The highest BCUT2D eigenvalue weighted by molar-refractivity contribution is 5.13. The van der Waals surface area contributed by atoms with E-state index in [1.54, 1.807) is 0 Å². The van der Waals surface area contributed by atoms with Crippen LogP contribution >= 0.6 is 0 Å². The summed E-state index contributed by atoms with van der Waals surface area (Å²) in [6, 6.07) is 4.99. The van der Waals surface area contributed by atoms with Crippen LogP contribution in [0.1, 0.15) is 56.2 Å². The maximum Gasteiger partial charge on any atom is 0.0419 e. The molecule has 116 valence electrons. The van der Waals surface area contributed by atoms with Crippen LogP contribution in [0.3, 0.4) is 0 Å². The van der Waals surface area contributed by atoms with Gasteiger partial charge >= 0.3 is 0 Å². The molecule has 4 unspecified atom stereocenters. The van der Waals surface area contributed by atoms with Gasteiger partial charge in [-0.05, 0) is 62.6 Å². The lowest BCUT2D eigenvalue weighted by Gasteiger charge is -2.42. The Morgan fingerprint density at radius 3 is 2.67 bits per heavy atom. The molecule has 2 aliphatic rings. The van der Waals surface area contributed by atoms with Gasteiger partial charge in [-0.3, -0.25) is 4.98 Å². The normalized spacial score (nSPS) is 30.7. The lowest BCUT2D eigenvalue weighted by molar-refractivity contribution is 0.111. The third-order valence-electron chi connectivity index (χ3n) is 5.92. The lowest BCUT2D eigenvalue weighted by Crippen LogP contribution is -2.40. The summed E-state index contributed by atoms with van der Waals surface area (Å²) in [7, 11) is 2.13. The Morgan fingerprint density at radius 2 is 1.95 bits per heavy atom. The van der Waals surface area contributed by atoms with Crippen molar-refractivity contribution >= 4 is 0 Å². The highest BCUT2D eigenvalue weighted by Gasteiger charge is 2.35. The molecule has 1 aromatic rings. The molecule has 1 N–H and O–H groups in total. The maximum absolute atomic E-state index is 4.60. The number of hydrogen-bond acceptors (Lipinski definition) is 2. The summed E-state index contributed by atoms with van der Waals surface area (Å²) >= 11 is 0. The smallest absolute Gasteiger partial charge is 0.0419 e. The van der Waals surface area contributed by atoms with E-state index in [1.165, 1.54) is 56.2 Å². The fraction of sp³-hybridized carbons (Fsp3) is 0.737. The second-order valence-corrected chi connectivity index (χ2v) is 7.30. The van der Waals surface area contributed by atoms with Gasteiger partial charge < -0.3 is 5.32 Å². The number of hydrogen-bond donors (Lipinski definition) is 1. The molecule has 4 atom stereocenters. The standard InChI is InChI=1S/C19H30N2/c1-14-7-10-18(21-13-14)12-19(20-2)17-9-8-15-5-3-4-6-16(15)11-17/h7,10,13,15-17,19-20H,3-6,8-9,11-12H2,1-2H3. The van der Waals surface area contributed by atoms with Crippen LogP contribution in [-0.2, 0) is 6.42 Å². The zero-order valence-corrected chi connectivity index (χ0v) is 13.6. The molecule has 0 aromatic carbocycles. The first-order valence-electron chi connectivity index (χ1n) is 8.85. The monoisotopic (exact) mass is 286 g/mol. The Morgan fingerprint density at radius 1 is 1.14 bits per heavy atom. The summed E-state index contributed by atoms with van der Waals surface area (Å²) < 4.78 is 0. The van der Waals surface area contributed by atoms with E-state index in [1.807, 2.05) is 6.20 Å². The van der Waals surface area contributed by atoms with E-state index in [-0.39, 0.29) is 0 Å². The minimum absolute atomic E-state index is 0.600. The fourth-order valence-corrected chi connectivity index (χ4v) is 4.62. The molecule has 0 saturated heterocycles. The summed E-state index contributed by atoms with van der Waals surface area (Å²) in [6.07, 6.45) is 13.3. The lowest BCUT2D eigenvalue weighted by atomic mass is 9.66. The molecule has 2 saturated carbocycles. The van der Waals surface area contributed by atoms with E-state index >= 15 is 0 Å². The summed E-state index contributed by atoms with van der Waals surface area (Å²) in [6.45, 7) is 2.11. The molecular weight excluding hydrogens is 256 g/mol. The summed E-state index contributed by atoms with van der Waals surface area (Å²) in [5, 5.41) is 3.59. The molecule has 21 heavy (non-hydrogen) atoms. The predicted molar refractivity (Wildman–Crippen MR) is 88.3 cm³/mol. The number of nitrogens with zero attached hydrogens (tertiary/aromatic N) is 1. The number of aryl methyl sites for hydroxylation is 1. The summed E-state index contributed by atoms with van der Waals surface area (Å²) in [4.78, 5) is 4.60. The van der Waals surface area contributed by atoms with Crippen molar-refractivity contribution in [1.82, 2.24) is 10.3 Å². The average molecular weight is 286 g/mol. The molecule has 3 rings (SSSR count). The fourth-order valence-electron chi connectivity index (χ4n) is 4.62. The van der Waals surface area contributed by atoms with Crippen LogP contribution in [0.25, 0.3) is 0 Å². The molecule has 2 fully saturated rings. The van der Waals surface area contributed by atoms with Gasteiger partial charge in [0.2, 0.25) is 0 Å². The minimum Gasteiger partial charge on any atom is -0.316 e. The third kappa shape index (κ3) is 3.66. The van der Waals surface area contributed by atoms with Crippen molar-refractivity contribution in [2.75, 3.05) is 7.05 Å². The molecule has 0 spiro atoms. The Balaban J connectivity index is 1.61. The Hall–Kier alpha value is -0.890. The predicted octanol–water partition coefficient (Wildman–Crippen LogP) is 4.13. The van der Waals surface area contributed by atoms with Gasteiger partial charge in [0.25, 0.3) is 0 Å². The highest BCUT2D eigenvalue weighted by atomic mass is 14.9. The van der Waals surface area contributed by atoms with E-state index in [0.717, 1.165) is 24.2 Å². The maximum atomic E-state index is 4.60. The molecule has 0 radical (unpaired) electrons. The van der Waals surface area contributed by atoms with Gasteiger partial charge in [0.15, 0.2) is 0 Å². The van der Waals surface area contributed by atoms with Gasteiger partial charge in [-0.2, -0.15) is 0 Å². The van der Waals surface area contributed by atoms with Crippen molar-refractivity contribution < 1.29 is 0 Å². The van der Waals surface area contributed by atoms with Gasteiger partial charge in [0.1, 0.15) is 0 Å². The first kappa shape index (κ1) is 15.0. The molecular formula is C19H30N2. The van der Waals surface area contributed by atoms with Crippen molar-refractivity contribution in [3.63, 3.8) is 0 Å². The van der Waals surface area contributed by atoms with Crippen LogP contribution in [0, 0.1) is 24.7 Å². The SMILES string of the molecule is CNC(Cc1ccc(C)cn1)C1CCC2CCCCC2C1. The number of aromatic nitrogens is 1. The van der Waals surface area contributed by atoms with Crippen LogP contribution in [-0.4, -0.2) is 18.1 Å². The van der Waals surface area contributed by atoms with Crippen molar-refractivity contribution in [2.24, 2.45) is 17.8 Å². The van der Waals surface area contributed by atoms with E-state index in [9.17, 15) is 0 Å². The van der Waals surface area contributed by atoms with Gasteiger partial charge in [0.05, 0.1) is 0 Å². The van der Waals surface area contributed by atoms with Crippen molar-refractivity contribution in [2.45, 2.75) is 64.3 Å². The summed E-state index contributed by atoms with van der Waals surface area (Å²) in [5.74, 6) is 2.90. The first-order valence-corrected chi connectivity index (χ1v) is 8.85. The molecule has 0 bridgehead atoms. The number of pyridine rings is 1. The second kappa shape index (κ2) is 6.91. The molecule has 1 aromatic heterocycles. The number of nitrogens with one attached hydrogen (secondary N) is 1. The van der Waals surface area contributed by atoms with Crippen LogP contribution in [0.5, 0.6) is 0 Å². The first-order chi connectivity index (χ1) is 10.3. The second-order valence-electron chi connectivity index (χ2n) is 7.30. The van der Waals surface area contributed by atoms with Gasteiger partial charge in [-0.1, -0.05) is 31.7 Å². The topological polar surface area (TPSA) is 24.9 Å². The summed E-state index contributed by atoms with van der Waals surface area (Å²) in [5.41, 5.74) is 2.49. The largest absolute Gasteiger partial charge is 0.316 e. The van der Waals surface area contributed by atoms with E-state index < -0.39 is 0 Å². The Kier molecular flexibility index (Phi) is 4.95. The van der Waals surface area contributed by atoms with E-state index in [2.05, 4.69) is 36.4 Å². The minimum atomic E-state index is 0.600. The van der Waals surface area contributed by atoms with Crippen LogP contribution in [0.4, 0.5) is 0 Å². The molecule has 2 nitrogen and oxygen atoms in total. The average Bonchev–Trinajstić information content (AvgIpc) is 2.54. The third-order valence-corrected chi connectivity index (χ3v) is 5.92.